The molecule has 0 aliphatic rings. The van der Waals surface area contributed by atoms with Crippen LogP contribution in [0, 0.1) is 6.92 Å². The van der Waals surface area contributed by atoms with E-state index in [2.05, 4.69) is 15.3 Å². The molecule has 0 radical (unpaired) electrons. The van der Waals surface area contributed by atoms with Crippen molar-refractivity contribution in [1.82, 2.24) is 14.3 Å². The average molecular weight is 453 g/mol. The smallest absolute Gasteiger partial charge is 0.255 e. The van der Waals surface area contributed by atoms with Gasteiger partial charge in [-0.25, -0.2) is 22.7 Å². The molecule has 4 rings (SSSR count). The lowest BCUT2D eigenvalue weighted by Gasteiger charge is -2.13. The first-order valence-corrected chi connectivity index (χ1v) is 11.7. The molecule has 2 aromatic carbocycles. The van der Waals surface area contributed by atoms with Crippen molar-refractivity contribution in [3.8, 4) is 10.6 Å². The quantitative estimate of drug-likeness (QED) is 0.491. The van der Waals surface area contributed by atoms with Gasteiger partial charge in [-0.2, -0.15) is 0 Å². The van der Waals surface area contributed by atoms with Gasteiger partial charge in [-0.3, -0.25) is 4.79 Å². The van der Waals surface area contributed by atoms with E-state index in [1.165, 1.54) is 49.7 Å². The van der Waals surface area contributed by atoms with Gasteiger partial charge >= 0.3 is 0 Å². The Morgan fingerprint density at radius 2 is 1.77 bits per heavy atom. The highest BCUT2D eigenvalue weighted by molar-refractivity contribution is 7.89. The number of carbonyl (C=O) groups is 1. The van der Waals surface area contributed by atoms with Gasteiger partial charge in [0, 0.05) is 37.1 Å². The van der Waals surface area contributed by atoms with Crippen molar-refractivity contribution in [2.75, 3.05) is 19.4 Å². The maximum absolute atomic E-state index is 12.8. The highest BCUT2D eigenvalue weighted by Gasteiger charge is 2.18. The van der Waals surface area contributed by atoms with Crippen LogP contribution < -0.4 is 5.32 Å². The zero-order valence-electron chi connectivity index (χ0n) is 17.2. The van der Waals surface area contributed by atoms with Crippen molar-refractivity contribution < 1.29 is 13.2 Å². The molecule has 0 bridgehead atoms. The van der Waals surface area contributed by atoms with Crippen molar-refractivity contribution in [1.29, 1.82) is 0 Å². The first kappa shape index (κ1) is 21.1. The Morgan fingerprint density at radius 1 is 1.03 bits per heavy atom. The van der Waals surface area contributed by atoms with Crippen LogP contribution in [0.3, 0.4) is 0 Å². The third kappa shape index (κ3) is 4.07. The van der Waals surface area contributed by atoms with Crippen molar-refractivity contribution in [2.24, 2.45) is 0 Å². The summed E-state index contributed by atoms with van der Waals surface area (Å²) in [5, 5.41) is 3.75. The molecular formula is C22H20N4O3S2. The molecule has 31 heavy (non-hydrogen) atoms. The Hall–Kier alpha value is -3.14. The lowest BCUT2D eigenvalue weighted by atomic mass is 10.1. The van der Waals surface area contributed by atoms with E-state index in [1.54, 1.807) is 6.20 Å². The summed E-state index contributed by atoms with van der Waals surface area (Å²) in [5.41, 5.74) is 3.69. The summed E-state index contributed by atoms with van der Waals surface area (Å²) in [6.07, 6.45) is 1.74. The number of thiazole rings is 1. The van der Waals surface area contributed by atoms with E-state index in [0.717, 1.165) is 30.8 Å². The highest BCUT2D eigenvalue weighted by Crippen LogP contribution is 2.33. The molecule has 158 valence electrons. The van der Waals surface area contributed by atoms with Gasteiger partial charge in [0.1, 0.15) is 15.4 Å². The molecule has 4 aromatic rings. The van der Waals surface area contributed by atoms with E-state index < -0.39 is 10.0 Å². The van der Waals surface area contributed by atoms with Gasteiger partial charge in [-0.1, -0.05) is 23.5 Å². The molecule has 0 saturated heterocycles. The molecule has 2 heterocycles. The van der Waals surface area contributed by atoms with E-state index in [9.17, 15) is 13.2 Å². The minimum Gasteiger partial charge on any atom is -0.322 e. The summed E-state index contributed by atoms with van der Waals surface area (Å²) in [5.74, 6) is -0.319. The monoisotopic (exact) mass is 452 g/mol. The first-order chi connectivity index (χ1) is 14.8. The molecule has 1 N–H and O–H groups in total. The summed E-state index contributed by atoms with van der Waals surface area (Å²) in [7, 11) is -0.611. The maximum Gasteiger partial charge on any atom is 0.255 e. The number of nitrogens with zero attached hydrogens (tertiary/aromatic N) is 3. The van der Waals surface area contributed by atoms with Crippen LogP contribution in [0.25, 0.3) is 20.9 Å². The second-order valence-corrected chi connectivity index (χ2v) is 10.2. The zero-order valence-corrected chi connectivity index (χ0v) is 18.8. The average Bonchev–Trinajstić information content (AvgIpc) is 3.19. The van der Waals surface area contributed by atoms with E-state index in [1.807, 2.05) is 37.3 Å². The Labute approximate surface area is 184 Å². The number of nitrogens with one attached hydrogen (secondary N) is 1. The fraction of sp³-hybridized carbons (Fsp3) is 0.136. The predicted octanol–water partition coefficient (Wildman–Crippen LogP) is 4.17. The first-order valence-electron chi connectivity index (χ1n) is 9.43. The van der Waals surface area contributed by atoms with Crippen LogP contribution in [0.15, 0.2) is 65.7 Å². The summed E-state index contributed by atoms with van der Waals surface area (Å²) >= 11 is 1.50. The standard InChI is InChI=1S/C22H20N4O3S2/c1-14-17(21-25-19-8-5-13-23-22(19)30-21)6-4-7-18(14)24-20(27)15-9-11-16(12-10-15)31(28,29)26(2)3/h4-13H,1-3H3,(H,24,27). The lowest BCUT2D eigenvalue weighted by molar-refractivity contribution is 0.102. The lowest BCUT2D eigenvalue weighted by Crippen LogP contribution is -2.22. The number of carbonyl (C=O) groups excluding carboxylic acids is 1. The van der Waals surface area contributed by atoms with Gasteiger partial charge in [0.2, 0.25) is 10.0 Å². The molecule has 0 aliphatic carbocycles. The fourth-order valence-electron chi connectivity index (χ4n) is 3.07. The van der Waals surface area contributed by atoms with Gasteiger partial charge in [0.15, 0.2) is 0 Å². The van der Waals surface area contributed by atoms with Crippen LogP contribution >= 0.6 is 11.3 Å². The third-order valence-corrected chi connectivity index (χ3v) is 7.72. The number of amides is 1. The topological polar surface area (TPSA) is 92.3 Å². The Kier molecular flexibility index (Phi) is 5.57. The number of benzene rings is 2. The van der Waals surface area contributed by atoms with Crippen LogP contribution in [0.1, 0.15) is 15.9 Å². The third-order valence-electron chi connectivity index (χ3n) is 4.87. The van der Waals surface area contributed by atoms with E-state index in [-0.39, 0.29) is 10.8 Å². The molecule has 0 atom stereocenters. The van der Waals surface area contributed by atoms with Gasteiger partial charge in [0.25, 0.3) is 5.91 Å². The minimum atomic E-state index is -3.54. The molecule has 9 heteroatoms. The number of hydrogen-bond donors (Lipinski definition) is 1. The van der Waals surface area contributed by atoms with Crippen LogP contribution in [-0.2, 0) is 10.0 Å². The molecule has 2 aromatic heterocycles. The molecule has 0 aliphatic heterocycles. The predicted molar refractivity (Wildman–Crippen MR) is 123 cm³/mol. The molecule has 7 nitrogen and oxygen atoms in total. The van der Waals surface area contributed by atoms with E-state index in [4.69, 9.17) is 0 Å². The number of rotatable bonds is 5. The van der Waals surface area contributed by atoms with E-state index in [0.29, 0.717) is 11.3 Å². The minimum absolute atomic E-state index is 0.136. The second-order valence-electron chi connectivity index (χ2n) is 7.09. The second kappa shape index (κ2) is 8.18. The normalized spacial score (nSPS) is 11.7. The Balaban J connectivity index is 1.60. The molecule has 0 unspecified atom stereocenters. The molecule has 0 spiro atoms. The van der Waals surface area contributed by atoms with Gasteiger partial charge < -0.3 is 5.32 Å². The number of fused-ring (bicyclic) bond motifs is 1. The van der Waals surface area contributed by atoms with Crippen molar-refractivity contribution in [3.63, 3.8) is 0 Å². The van der Waals surface area contributed by atoms with Crippen LogP contribution in [0.5, 0.6) is 0 Å². The van der Waals surface area contributed by atoms with Crippen LogP contribution in [0.4, 0.5) is 5.69 Å². The van der Waals surface area contributed by atoms with Crippen molar-refractivity contribution >= 4 is 43.3 Å². The Bertz CT molecular complexity index is 1340. The largest absolute Gasteiger partial charge is 0.322 e. The highest BCUT2D eigenvalue weighted by atomic mass is 32.2. The van der Waals surface area contributed by atoms with Crippen molar-refractivity contribution in [3.05, 3.63) is 71.9 Å². The number of pyridine rings is 1. The molecular weight excluding hydrogens is 432 g/mol. The number of aromatic nitrogens is 2. The van der Waals surface area contributed by atoms with Gasteiger partial charge in [-0.05, 0) is 55.0 Å². The van der Waals surface area contributed by atoms with Gasteiger partial charge in [0.05, 0.1) is 4.90 Å². The maximum atomic E-state index is 12.8. The van der Waals surface area contributed by atoms with Crippen molar-refractivity contribution in [2.45, 2.75) is 11.8 Å². The Morgan fingerprint density at radius 3 is 2.45 bits per heavy atom. The number of anilines is 1. The summed E-state index contributed by atoms with van der Waals surface area (Å²) in [6.45, 7) is 1.93. The summed E-state index contributed by atoms with van der Waals surface area (Å²) in [4.78, 5) is 22.7. The molecule has 1 amide bonds. The SMILES string of the molecule is Cc1c(NC(=O)c2ccc(S(=O)(=O)N(C)C)cc2)cccc1-c1nc2cccnc2s1. The van der Waals surface area contributed by atoms with Crippen LogP contribution in [0.2, 0.25) is 0 Å². The van der Waals surface area contributed by atoms with Gasteiger partial charge in [-0.15, -0.1) is 0 Å². The van der Waals surface area contributed by atoms with E-state index >= 15 is 0 Å². The van der Waals surface area contributed by atoms with Crippen LogP contribution in [-0.4, -0.2) is 42.7 Å². The summed E-state index contributed by atoms with van der Waals surface area (Å²) in [6, 6.07) is 15.3. The summed E-state index contributed by atoms with van der Waals surface area (Å²) < 4.78 is 25.5. The number of sulfonamides is 1. The fourth-order valence-corrected chi connectivity index (χ4v) is 4.96. The zero-order chi connectivity index (χ0) is 22.2. The molecule has 0 fully saturated rings. The molecule has 0 saturated carbocycles. The number of hydrogen-bond acceptors (Lipinski definition) is 6.